The molecule has 0 N–H and O–H groups in total. The van der Waals surface area contributed by atoms with Crippen molar-refractivity contribution in [3.63, 3.8) is 0 Å². The molecule has 3 heteroatoms. The number of pyridine rings is 1. The number of fused-ring (bicyclic) bond motifs is 6. The van der Waals surface area contributed by atoms with Gasteiger partial charge in [0.15, 0.2) is 5.52 Å². The van der Waals surface area contributed by atoms with Gasteiger partial charge in [-0.3, -0.25) is 0 Å². The zero-order valence-corrected chi connectivity index (χ0v) is 16.8. The summed E-state index contributed by atoms with van der Waals surface area (Å²) in [5.41, 5.74) is 9.46. The van der Waals surface area contributed by atoms with Crippen molar-refractivity contribution in [3.8, 4) is 0 Å². The lowest BCUT2D eigenvalue weighted by Gasteiger charge is -2.26. The molecule has 2 aromatic heterocycles. The summed E-state index contributed by atoms with van der Waals surface area (Å²) in [4.78, 5) is 0. The van der Waals surface area contributed by atoms with E-state index in [1.807, 2.05) is 0 Å². The van der Waals surface area contributed by atoms with Crippen molar-refractivity contribution < 1.29 is 9.30 Å². The van der Waals surface area contributed by atoms with E-state index >= 15 is 0 Å². The molecule has 134 valence electrons. The van der Waals surface area contributed by atoms with Crippen molar-refractivity contribution >= 4 is 11.3 Å². The summed E-state index contributed by atoms with van der Waals surface area (Å²) in [6.07, 6.45) is 8.90. The molecule has 0 spiro atoms. The van der Waals surface area contributed by atoms with Crippen molar-refractivity contribution in [2.75, 3.05) is 0 Å². The van der Waals surface area contributed by atoms with Crippen molar-refractivity contribution in [3.05, 3.63) is 63.8 Å². The van der Waals surface area contributed by atoms with E-state index in [4.69, 9.17) is 4.74 Å². The number of imidazole rings is 1. The van der Waals surface area contributed by atoms with Gasteiger partial charge < -0.3 is 4.74 Å². The molecule has 0 radical (unpaired) electrons. The van der Waals surface area contributed by atoms with Crippen LogP contribution in [-0.2, 0) is 10.3 Å². The molecule has 0 saturated carbocycles. The first kappa shape index (κ1) is 15.9. The maximum absolute atomic E-state index is 6.54. The molecule has 2 aliphatic heterocycles. The minimum atomic E-state index is -0.0869. The van der Waals surface area contributed by atoms with Crippen LogP contribution >= 0.6 is 0 Å². The molecule has 0 amide bonds. The largest absolute Gasteiger partial charge is 0.477 e. The second kappa shape index (κ2) is 4.70. The normalized spacial score (nSPS) is 24.9. The van der Waals surface area contributed by atoms with Crippen LogP contribution in [-0.4, -0.2) is 10.5 Å². The van der Waals surface area contributed by atoms with Gasteiger partial charge in [-0.1, -0.05) is 18.2 Å². The van der Waals surface area contributed by atoms with Gasteiger partial charge in [-0.25, -0.2) is 4.57 Å². The standard InChI is InChI=1S/C23H27N2O/c1-12-13(2)15(4)24-20(14(12)3)16(5)25-22(24)21-19(23(25,6)7)17-10-8-9-11-18(17)26-21/h8-11,17-18H,1-7H3/q+1. The molecule has 3 nitrogen and oxygen atoms in total. The molecule has 0 aromatic carbocycles. The molecule has 2 aromatic rings. The van der Waals surface area contributed by atoms with Crippen molar-refractivity contribution in [2.24, 2.45) is 5.92 Å². The molecule has 3 aliphatic rings. The summed E-state index contributed by atoms with van der Waals surface area (Å²) in [6, 6.07) is 0. The van der Waals surface area contributed by atoms with Crippen LogP contribution in [0.5, 0.6) is 0 Å². The van der Waals surface area contributed by atoms with E-state index < -0.39 is 0 Å². The summed E-state index contributed by atoms with van der Waals surface area (Å²) >= 11 is 0. The molecule has 0 bridgehead atoms. The van der Waals surface area contributed by atoms with E-state index in [0.29, 0.717) is 5.92 Å². The average molecular weight is 347 g/mol. The van der Waals surface area contributed by atoms with Gasteiger partial charge in [0.2, 0.25) is 5.76 Å². The van der Waals surface area contributed by atoms with Gasteiger partial charge in [0, 0.05) is 24.0 Å². The Morgan fingerprint density at radius 1 is 0.962 bits per heavy atom. The topological polar surface area (TPSA) is 17.5 Å². The van der Waals surface area contributed by atoms with E-state index in [1.165, 1.54) is 45.0 Å². The third-order valence-electron chi connectivity index (χ3n) is 7.02. The Bertz CT molecular complexity index is 1090. The van der Waals surface area contributed by atoms with Crippen LogP contribution in [0, 0.1) is 40.5 Å². The highest BCUT2D eigenvalue weighted by Gasteiger charge is 2.56. The van der Waals surface area contributed by atoms with E-state index in [1.54, 1.807) is 0 Å². The summed E-state index contributed by atoms with van der Waals surface area (Å²) in [6.45, 7) is 15.9. The SMILES string of the molecule is Cc1c(C)c(C)n2c3[n+](c(C)c2c1C)C(C)(C)C1=C3OC2C=CC=CC12. The van der Waals surface area contributed by atoms with Crippen LogP contribution in [0.1, 0.15) is 47.8 Å². The highest BCUT2D eigenvalue weighted by molar-refractivity contribution is 5.72. The monoisotopic (exact) mass is 347 g/mol. The molecule has 2 unspecified atom stereocenters. The Kier molecular flexibility index (Phi) is 2.88. The number of nitrogens with zero attached hydrogens (tertiary/aromatic N) is 2. The first-order chi connectivity index (χ1) is 12.3. The van der Waals surface area contributed by atoms with Gasteiger partial charge in [-0.05, 0) is 58.7 Å². The maximum Gasteiger partial charge on any atom is 0.331 e. The third kappa shape index (κ3) is 1.58. The quantitative estimate of drug-likeness (QED) is 0.647. The van der Waals surface area contributed by atoms with Crippen LogP contribution in [0.25, 0.3) is 11.3 Å². The minimum Gasteiger partial charge on any atom is -0.477 e. The third-order valence-corrected chi connectivity index (χ3v) is 7.02. The molecule has 2 atom stereocenters. The lowest BCUT2D eigenvalue weighted by Crippen LogP contribution is -2.54. The highest BCUT2D eigenvalue weighted by Crippen LogP contribution is 2.50. The van der Waals surface area contributed by atoms with Crippen molar-refractivity contribution in [1.82, 2.24) is 4.40 Å². The molecule has 0 saturated heterocycles. The molecule has 1 aliphatic carbocycles. The first-order valence-electron chi connectivity index (χ1n) is 9.57. The van der Waals surface area contributed by atoms with Gasteiger partial charge in [-0.15, -0.1) is 0 Å². The van der Waals surface area contributed by atoms with Crippen LogP contribution in [0.15, 0.2) is 29.9 Å². The van der Waals surface area contributed by atoms with E-state index in [0.717, 1.165) is 5.76 Å². The van der Waals surface area contributed by atoms with Gasteiger partial charge >= 0.3 is 5.82 Å². The molecular weight excluding hydrogens is 320 g/mol. The van der Waals surface area contributed by atoms with Gasteiger partial charge in [0.05, 0.1) is 0 Å². The zero-order chi connectivity index (χ0) is 18.5. The Morgan fingerprint density at radius 2 is 1.65 bits per heavy atom. The first-order valence-corrected chi connectivity index (χ1v) is 9.57. The number of hydrogen-bond acceptors (Lipinski definition) is 1. The fourth-order valence-electron chi connectivity index (χ4n) is 5.47. The number of hydrogen-bond donors (Lipinski definition) is 0. The van der Waals surface area contributed by atoms with Crippen LogP contribution < -0.4 is 4.57 Å². The van der Waals surface area contributed by atoms with Crippen molar-refractivity contribution in [2.45, 2.75) is 60.1 Å². The number of rotatable bonds is 0. The summed E-state index contributed by atoms with van der Waals surface area (Å²) in [5, 5.41) is 0. The lowest BCUT2D eigenvalue weighted by molar-refractivity contribution is -0.749. The predicted octanol–water partition coefficient (Wildman–Crippen LogP) is 4.37. The molecule has 26 heavy (non-hydrogen) atoms. The average Bonchev–Trinajstić information content (AvgIpc) is 3.20. The number of allylic oxidation sites excluding steroid dienone is 2. The second-order valence-corrected chi connectivity index (χ2v) is 8.57. The fraction of sp³-hybridized carbons (Fsp3) is 0.435. The Hall–Kier alpha value is -2.29. The zero-order valence-electron chi connectivity index (χ0n) is 16.8. The van der Waals surface area contributed by atoms with Crippen LogP contribution in [0.4, 0.5) is 0 Å². The molecular formula is C23H27N2O+. The van der Waals surface area contributed by atoms with Gasteiger partial charge in [-0.2, -0.15) is 4.40 Å². The van der Waals surface area contributed by atoms with Gasteiger partial charge in [0.1, 0.15) is 23.0 Å². The van der Waals surface area contributed by atoms with E-state index in [2.05, 4.69) is 81.7 Å². The Labute approximate surface area is 155 Å². The molecule has 4 heterocycles. The highest BCUT2D eigenvalue weighted by atomic mass is 16.5. The smallest absolute Gasteiger partial charge is 0.331 e. The number of aromatic nitrogens is 2. The van der Waals surface area contributed by atoms with E-state index in [-0.39, 0.29) is 11.6 Å². The maximum atomic E-state index is 6.54. The van der Waals surface area contributed by atoms with Crippen LogP contribution in [0.3, 0.4) is 0 Å². The lowest BCUT2D eigenvalue weighted by atomic mass is 9.81. The minimum absolute atomic E-state index is 0.0869. The molecule has 0 fully saturated rings. The molecule has 5 rings (SSSR count). The number of ether oxygens (including phenoxy) is 1. The summed E-state index contributed by atoms with van der Waals surface area (Å²) < 4.78 is 11.5. The number of aryl methyl sites for hydroxylation is 3. The van der Waals surface area contributed by atoms with Gasteiger partial charge in [0.25, 0.3) is 0 Å². The van der Waals surface area contributed by atoms with Crippen molar-refractivity contribution in [1.29, 1.82) is 0 Å². The van der Waals surface area contributed by atoms with E-state index in [9.17, 15) is 0 Å². The Morgan fingerprint density at radius 3 is 2.38 bits per heavy atom. The van der Waals surface area contributed by atoms with Crippen LogP contribution in [0.2, 0.25) is 0 Å². The second-order valence-electron chi connectivity index (χ2n) is 8.57. The predicted molar refractivity (Wildman–Crippen MR) is 104 cm³/mol. The Balaban J connectivity index is 1.93. The fourth-order valence-corrected chi connectivity index (χ4v) is 5.47. The summed E-state index contributed by atoms with van der Waals surface area (Å²) in [7, 11) is 0. The summed E-state index contributed by atoms with van der Waals surface area (Å²) in [5.74, 6) is 2.65.